The number of hydrogen-bond donors (Lipinski definition) is 2. The quantitative estimate of drug-likeness (QED) is 0.503. The van der Waals surface area contributed by atoms with Crippen molar-refractivity contribution in [2.24, 2.45) is 0 Å². The summed E-state index contributed by atoms with van der Waals surface area (Å²) in [4.78, 5) is 38.9. The number of amides is 1. The smallest absolute Gasteiger partial charge is 0.326 e. The van der Waals surface area contributed by atoms with Gasteiger partial charge in [0.25, 0.3) is 5.91 Å². The van der Waals surface area contributed by atoms with Crippen LogP contribution in [0.2, 0.25) is 0 Å². The lowest BCUT2D eigenvalue weighted by Crippen LogP contribution is -2.38. The van der Waals surface area contributed by atoms with Gasteiger partial charge in [-0.3, -0.25) is 14.2 Å². The molecule has 3 aromatic rings. The van der Waals surface area contributed by atoms with Gasteiger partial charge >= 0.3 is 11.7 Å². The van der Waals surface area contributed by atoms with E-state index in [-0.39, 0.29) is 24.6 Å². The lowest BCUT2D eigenvalue weighted by molar-refractivity contribution is -0.147. The molecule has 2 N–H and O–H groups in total. The highest BCUT2D eigenvalue weighted by atomic mass is 16.5. The zero-order valence-electron chi connectivity index (χ0n) is 15.0. The van der Waals surface area contributed by atoms with Crippen LogP contribution in [0.25, 0.3) is 11.0 Å². The van der Waals surface area contributed by atoms with Gasteiger partial charge in [0, 0.05) is 6.54 Å². The third-order valence-electron chi connectivity index (χ3n) is 4.53. The summed E-state index contributed by atoms with van der Waals surface area (Å²) in [7, 11) is 0. The van der Waals surface area contributed by atoms with Crippen LogP contribution in [0.4, 0.5) is 5.69 Å². The number of carbonyl (C=O) groups excluding carboxylic acids is 2. The minimum absolute atomic E-state index is 0.149. The fraction of sp³-hybridized carbons (Fsp3) is 0.250. The van der Waals surface area contributed by atoms with Gasteiger partial charge in [-0.15, -0.1) is 0 Å². The number of hydrogen-bond acceptors (Lipinski definition) is 5. The molecule has 0 fully saturated rings. The average molecular weight is 381 g/mol. The molecule has 0 aliphatic carbocycles. The molecule has 8 nitrogen and oxygen atoms in total. The van der Waals surface area contributed by atoms with E-state index in [0.29, 0.717) is 24.4 Å². The topological polar surface area (TPSA) is 102 Å². The first-order valence-electron chi connectivity index (χ1n) is 9.01. The first-order chi connectivity index (χ1) is 13.6. The van der Waals surface area contributed by atoms with Crippen molar-refractivity contribution in [1.29, 1.82) is 0 Å². The van der Waals surface area contributed by atoms with Crippen LogP contribution >= 0.6 is 0 Å². The number of aromatic amines is 1. The van der Waals surface area contributed by atoms with Crippen LogP contribution in [0.3, 0.4) is 0 Å². The Morgan fingerprint density at radius 3 is 2.79 bits per heavy atom. The summed E-state index contributed by atoms with van der Waals surface area (Å²) < 4.78 is 12.4. The second-order valence-corrected chi connectivity index (χ2v) is 6.47. The number of H-pyrrole nitrogens is 1. The van der Waals surface area contributed by atoms with Crippen molar-refractivity contribution >= 4 is 28.6 Å². The Labute approximate surface area is 160 Å². The maximum atomic E-state index is 12.1. The van der Waals surface area contributed by atoms with E-state index in [4.69, 9.17) is 9.47 Å². The number of aryl methyl sites for hydroxylation is 1. The number of ether oxygens (including phenoxy) is 2. The van der Waals surface area contributed by atoms with E-state index in [1.807, 2.05) is 24.3 Å². The van der Waals surface area contributed by atoms with Gasteiger partial charge < -0.3 is 19.8 Å². The number of carbonyl (C=O) groups is 2. The molecule has 1 atom stereocenters. The maximum Gasteiger partial charge on any atom is 0.326 e. The van der Waals surface area contributed by atoms with Gasteiger partial charge in [0.2, 0.25) is 0 Å². The molecule has 1 aliphatic rings. The van der Waals surface area contributed by atoms with Gasteiger partial charge in [-0.25, -0.2) is 4.79 Å². The minimum atomic E-state index is -0.918. The third-order valence-corrected chi connectivity index (χ3v) is 4.53. The Hall–Kier alpha value is -3.55. The van der Waals surface area contributed by atoms with Gasteiger partial charge in [-0.05, 0) is 30.7 Å². The predicted molar refractivity (Wildman–Crippen MR) is 102 cm³/mol. The molecule has 0 unspecified atom stereocenters. The number of esters is 1. The first kappa shape index (κ1) is 17.8. The van der Waals surface area contributed by atoms with E-state index in [2.05, 4.69) is 10.3 Å². The highest BCUT2D eigenvalue weighted by Gasteiger charge is 2.30. The van der Waals surface area contributed by atoms with Crippen LogP contribution < -0.4 is 15.7 Å². The highest BCUT2D eigenvalue weighted by Crippen LogP contribution is 2.29. The van der Waals surface area contributed by atoms with Crippen molar-refractivity contribution in [3.8, 4) is 5.75 Å². The molecule has 2 aromatic carbocycles. The largest absolute Gasteiger partial charge is 0.478 e. The predicted octanol–water partition coefficient (Wildman–Crippen LogP) is 2.05. The van der Waals surface area contributed by atoms with Gasteiger partial charge in [-0.1, -0.05) is 24.3 Å². The van der Waals surface area contributed by atoms with E-state index in [0.717, 1.165) is 11.0 Å². The number of aromatic nitrogens is 2. The number of fused-ring (bicyclic) bond motifs is 2. The summed E-state index contributed by atoms with van der Waals surface area (Å²) in [5, 5.41) is 2.71. The summed E-state index contributed by atoms with van der Waals surface area (Å²) in [5.74, 6) is -0.370. The monoisotopic (exact) mass is 381 g/mol. The molecular weight excluding hydrogens is 362 g/mol. The fourth-order valence-corrected chi connectivity index (χ4v) is 3.17. The van der Waals surface area contributed by atoms with Crippen LogP contribution in [0.15, 0.2) is 53.3 Å². The zero-order valence-corrected chi connectivity index (χ0v) is 15.0. The summed E-state index contributed by atoms with van der Waals surface area (Å²) in [5.41, 5.74) is 1.97. The highest BCUT2D eigenvalue weighted by molar-refractivity contribution is 5.99. The maximum absolute atomic E-state index is 12.1. The zero-order chi connectivity index (χ0) is 19.5. The number of benzene rings is 2. The molecule has 0 saturated heterocycles. The van der Waals surface area contributed by atoms with Crippen molar-refractivity contribution in [3.63, 3.8) is 0 Å². The van der Waals surface area contributed by atoms with Gasteiger partial charge in [-0.2, -0.15) is 0 Å². The molecule has 0 saturated carbocycles. The Bertz CT molecular complexity index is 1080. The third kappa shape index (κ3) is 3.62. The van der Waals surface area contributed by atoms with Crippen molar-refractivity contribution in [3.05, 3.63) is 59.0 Å². The Kier molecular flexibility index (Phi) is 4.84. The summed E-state index contributed by atoms with van der Waals surface area (Å²) in [6, 6.07) is 14.4. The molecule has 8 heteroatoms. The van der Waals surface area contributed by atoms with Crippen molar-refractivity contribution < 1.29 is 19.1 Å². The molecule has 0 radical (unpaired) electrons. The molecule has 4 rings (SSSR count). The van der Waals surface area contributed by atoms with Crippen molar-refractivity contribution in [2.75, 3.05) is 11.9 Å². The molecule has 0 bridgehead atoms. The summed E-state index contributed by atoms with van der Waals surface area (Å²) >= 11 is 0. The first-order valence-corrected chi connectivity index (χ1v) is 9.01. The Morgan fingerprint density at radius 1 is 1.11 bits per heavy atom. The summed E-state index contributed by atoms with van der Waals surface area (Å²) in [6.07, 6.45) is -0.611. The van der Waals surface area contributed by atoms with Crippen LogP contribution in [0.5, 0.6) is 5.75 Å². The normalized spacial score (nSPS) is 15.6. The van der Waals surface area contributed by atoms with E-state index < -0.39 is 12.1 Å². The number of rotatable bonds is 6. The molecule has 1 aliphatic heterocycles. The lowest BCUT2D eigenvalue weighted by Gasteiger charge is -2.25. The Balaban J connectivity index is 1.28. The van der Waals surface area contributed by atoms with Crippen molar-refractivity contribution in [1.82, 2.24) is 9.55 Å². The van der Waals surface area contributed by atoms with Crippen LogP contribution in [-0.2, 0) is 20.9 Å². The number of imidazole rings is 1. The van der Waals surface area contributed by atoms with Gasteiger partial charge in [0.1, 0.15) is 5.75 Å². The SMILES string of the molecule is O=C(C[C@@H]1Oc2ccccc2NC1=O)OCCCn1c(=O)[nH]c2ccccc21. The van der Waals surface area contributed by atoms with E-state index in [1.165, 1.54) is 0 Å². The Morgan fingerprint density at radius 2 is 1.89 bits per heavy atom. The minimum Gasteiger partial charge on any atom is -0.478 e. The number of para-hydroxylation sites is 4. The van der Waals surface area contributed by atoms with Gasteiger partial charge in [0.15, 0.2) is 6.10 Å². The van der Waals surface area contributed by atoms with Gasteiger partial charge in [0.05, 0.1) is 29.7 Å². The second-order valence-electron chi connectivity index (χ2n) is 6.47. The van der Waals surface area contributed by atoms with Crippen LogP contribution in [0.1, 0.15) is 12.8 Å². The molecule has 2 heterocycles. The molecular formula is C20H19N3O5. The van der Waals surface area contributed by atoms with Crippen LogP contribution in [0, 0.1) is 0 Å². The molecule has 28 heavy (non-hydrogen) atoms. The fourth-order valence-electron chi connectivity index (χ4n) is 3.17. The standard InChI is InChI=1S/C20H19N3O5/c24-18(12-17-19(25)21-14-7-2-4-9-16(14)28-17)27-11-5-10-23-15-8-3-1-6-13(15)22-20(23)26/h1-4,6-9,17H,5,10-12H2,(H,21,25)(H,22,26)/t17-/m0/s1. The summed E-state index contributed by atoms with van der Waals surface area (Å²) in [6.45, 7) is 0.569. The number of nitrogens with one attached hydrogen (secondary N) is 2. The average Bonchev–Trinajstić information content (AvgIpc) is 3.01. The molecule has 144 valence electrons. The molecule has 0 spiro atoms. The lowest BCUT2D eigenvalue weighted by atomic mass is 10.1. The second kappa shape index (κ2) is 7.59. The van der Waals surface area contributed by atoms with Crippen LogP contribution in [-0.4, -0.2) is 34.1 Å². The van der Waals surface area contributed by atoms with E-state index in [9.17, 15) is 14.4 Å². The number of anilines is 1. The molecule has 1 aromatic heterocycles. The number of nitrogens with zero attached hydrogens (tertiary/aromatic N) is 1. The molecule has 1 amide bonds. The van der Waals surface area contributed by atoms with Crippen molar-refractivity contribution in [2.45, 2.75) is 25.5 Å². The van der Waals surface area contributed by atoms with E-state index >= 15 is 0 Å². The van der Waals surface area contributed by atoms with E-state index in [1.54, 1.807) is 28.8 Å².